The number of anilines is 1. The summed E-state index contributed by atoms with van der Waals surface area (Å²) in [5.41, 5.74) is 6.62. The van der Waals surface area contributed by atoms with Crippen LogP contribution in [0.1, 0.15) is 45.1 Å². The number of sulfonamides is 1. The van der Waals surface area contributed by atoms with Gasteiger partial charge in [-0.1, -0.05) is 44.2 Å². The lowest BCUT2D eigenvalue weighted by atomic mass is 9.87. The number of carbonyl (C=O) groups is 2. The Kier molecular flexibility index (Phi) is 12.1. The van der Waals surface area contributed by atoms with Crippen LogP contribution in [-0.4, -0.2) is 94.5 Å². The first-order valence-corrected chi connectivity index (χ1v) is 18.4. The molecule has 0 spiro atoms. The molecule has 3 fully saturated rings. The molecule has 0 aromatic heterocycles. The number of unbranched alkanes of at least 4 members (excludes halogenated alkanes) is 1. The van der Waals surface area contributed by atoms with Crippen molar-refractivity contribution in [1.82, 2.24) is 14.9 Å². The van der Waals surface area contributed by atoms with Gasteiger partial charge in [-0.25, -0.2) is 18.0 Å². The van der Waals surface area contributed by atoms with E-state index in [4.69, 9.17) is 24.7 Å². The van der Waals surface area contributed by atoms with Crippen molar-refractivity contribution in [1.29, 1.82) is 0 Å². The van der Waals surface area contributed by atoms with Gasteiger partial charge in [-0.3, -0.25) is 0 Å². The summed E-state index contributed by atoms with van der Waals surface area (Å²) in [5.74, 6) is 0.330. The standard InChI is InChI=1S/C35H50N4O9S/c1-35(2,15-7-8-16-45-33(41)37-3)22-39(49(43,44)26-13-11-25(36)12-14-26)19-30(40)29(17-23-9-5-4-6-10-23)38-34(42)48-31-24-18-27-28(31)21-47-32(27)46-20-24/h4-6,9-14,24,27-32,40H,7-8,15-22,36H2,1-3H3,(H,37,41)(H,38,42)/t24?,27?,28?,29-,30+,31?,32?/m0/s1. The van der Waals surface area contributed by atoms with Gasteiger partial charge >= 0.3 is 12.2 Å². The Morgan fingerprint density at radius 1 is 1.04 bits per heavy atom. The summed E-state index contributed by atoms with van der Waals surface area (Å²) in [6.45, 7) is 4.89. The van der Waals surface area contributed by atoms with E-state index in [0.29, 0.717) is 38.2 Å². The Bertz CT molecular complexity index is 1510. The quantitative estimate of drug-likeness (QED) is 0.149. The van der Waals surface area contributed by atoms with E-state index in [1.165, 1.54) is 35.6 Å². The number of hydrogen-bond donors (Lipinski definition) is 4. The molecule has 2 aromatic carbocycles. The van der Waals surface area contributed by atoms with E-state index in [0.717, 1.165) is 12.0 Å². The van der Waals surface area contributed by atoms with E-state index in [-0.39, 0.29) is 61.2 Å². The summed E-state index contributed by atoms with van der Waals surface area (Å²) in [5, 5.41) is 17.1. The van der Waals surface area contributed by atoms with Gasteiger partial charge in [0.25, 0.3) is 0 Å². The van der Waals surface area contributed by atoms with E-state index in [9.17, 15) is 23.1 Å². The van der Waals surface area contributed by atoms with Gasteiger partial charge in [0.2, 0.25) is 10.0 Å². The van der Waals surface area contributed by atoms with Crippen LogP contribution in [0.2, 0.25) is 0 Å². The molecule has 5 rings (SSSR count). The fourth-order valence-corrected chi connectivity index (χ4v) is 8.83. The van der Waals surface area contributed by atoms with Gasteiger partial charge in [0.15, 0.2) is 6.29 Å². The predicted octanol–water partition coefficient (Wildman–Crippen LogP) is 3.52. The third-order valence-corrected chi connectivity index (χ3v) is 11.6. The Balaban J connectivity index is 1.32. The first-order chi connectivity index (χ1) is 23.4. The number of nitrogens with zero attached hydrogens (tertiary/aromatic N) is 1. The van der Waals surface area contributed by atoms with Crippen molar-refractivity contribution in [2.24, 2.45) is 23.2 Å². The summed E-state index contributed by atoms with van der Waals surface area (Å²) >= 11 is 0. The number of nitrogen functional groups attached to an aromatic ring is 1. The van der Waals surface area contributed by atoms with Crippen LogP contribution < -0.4 is 16.4 Å². The molecule has 1 saturated carbocycles. The molecular formula is C35H50N4O9S. The second kappa shape index (κ2) is 16.1. The molecular weight excluding hydrogens is 652 g/mol. The maximum Gasteiger partial charge on any atom is 0.407 e. The average molecular weight is 703 g/mol. The second-order valence-electron chi connectivity index (χ2n) is 14.1. The number of hydrogen-bond acceptors (Lipinski definition) is 10. The van der Waals surface area contributed by atoms with Crippen LogP contribution in [0.5, 0.6) is 0 Å². The maximum atomic E-state index is 14.1. The number of nitrogens with one attached hydrogen (secondary N) is 2. The van der Waals surface area contributed by atoms with Crippen molar-refractivity contribution < 1.29 is 42.1 Å². The van der Waals surface area contributed by atoms with Crippen molar-refractivity contribution in [3.05, 3.63) is 60.2 Å². The highest BCUT2D eigenvalue weighted by Crippen LogP contribution is 2.49. The molecule has 270 valence electrons. The summed E-state index contributed by atoms with van der Waals surface area (Å²) in [6.07, 6.45) is -0.0366. The maximum absolute atomic E-state index is 14.1. The lowest BCUT2D eigenvalue weighted by Crippen LogP contribution is -2.52. The number of carbonyl (C=O) groups excluding carboxylic acids is 2. The number of ether oxygens (including phenoxy) is 4. The van der Waals surface area contributed by atoms with Gasteiger partial charge in [0, 0.05) is 43.6 Å². The average Bonchev–Trinajstić information content (AvgIpc) is 3.60. The molecule has 7 atom stereocenters. The number of aliphatic hydroxyl groups is 1. The first kappa shape index (κ1) is 36.8. The lowest BCUT2D eigenvalue weighted by molar-refractivity contribution is -0.169. The highest BCUT2D eigenvalue weighted by atomic mass is 32.2. The number of amides is 2. The van der Waals surface area contributed by atoms with E-state index in [1.54, 1.807) is 0 Å². The molecule has 2 bridgehead atoms. The van der Waals surface area contributed by atoms with Crippen molar-refractivity contribution >= 4 is 27.9 Å². The number of nitrogens with two attached hydrogens (primary N) is 1. The van der Waals surface area contributed by atoms with E-state index < -0.39 is 39.8 Å². The zero-order valence-corrected chi connectivity index (χ0v) is 29.3. The van der Waals surface area contributed by atoms with Crippen LogP contribution in [0.25, 0.3) is 0 Å². The Morgan fingerprint density at radius 2 is 1.76 bits per heavy atom. The molecule has 2 amide bonds. The van der Waals surface area contributed by atoms with E-state index in [2.05, 4.69) is 10.6 Å². The number of rotatable bonds is 16. The van der Waals surface area contributed by atoms with Gasteiger partial charge < -0.3 is 40.4 Å². The van der Waals surface area contributed by atoms with E-state index >= 15 is 0 Å². The monoisotopic (exact) mass is 702 g/mol. The third kappa shape index (κ3) is 9.43. The zero-order chi connectivity index (χ0) is 35.2. The van der Waals surface area contributed by atoms with Crippen molar-refractivity contribution in [3.8, 4) is 0 Å². The van der Waals surface area contributed by atoms with Gasteiger partial charge in [-0.2, -0.15) is 4.31 Å². The van der Waals surface area contributed by atoms with Crippen LogP contribution in [0.3, 0.4) is 0 Å². The molecule has 2 aliphatic heterocycles. The molecule has 5 N–H and O–H groups in total. The molecule has 14 heteroatoms. The normalized spacial score (nSPS) is 24.3. The summed E-state index contributed by atoms with van der Waals surface area (Å²) < 4.78 is 52.2. The SMILES string of the molecule is CNC(=O)OCCCCC(C)(C)CN(C[C@@H](O)[C@H](Cc1ccccc1)NC(=O)OC1C2COC3OCC1C3C2)S(=O)(=O)c1ccc(N)cc1. The van der Waals surface area contributed by atoms with Crippen LogP contribution in [-0.2, 0) is 35.4 Å². The van der Waals surface area contributed by atoms with Crippen molar-refractivity contribution in [2.75, 3.05) is 45.7 Å². The number of benzene rings is 2. The fourth-order valence-electron chi connectivity index (χ4n) is 7.18. The molecule has 2 saturated heterocycles. The molecule has 2 heterocycles. The van der Waals surface area contributed by atoms with Gasteiger partial charge in [0.05, 0.1) is 36.9 Å². The third-order valence-electron chi connectivity index (χ3n) is 9.80. The number of fused-ring (bicyclic) bond motifs is 1. The van der Waals surface area contributed by atoms with Crippen LogP contribution in [0.15, 0.2) is 59.5 Å². The highest BCUT2D eigenvalue weighted by molar-refractivity contribution is 7.89. The van der Waals surface area contributed by atoms with Crippen LogP contribution in [0, 0.1) is 23.2 Å². The number of aliphatic hydroxyl groups excluding tert-OH is 1. The highest BCUT2D eigenvalue weighted by Gasteiger charge is 2.56. The van der Waals surface area contributed by atoms with Gasteiger partial charge in [0.1, 0.15) is 6.10 Å². The molecule has 3 aliphatic rings. The minimum Gasteiger partial charge on any atom is -0.450 e. The van der Waals surface area contributed by atoms with Crippen molar-refractivity contribution in [2.45, 2.75) is 75.4 Å². The summed E-state index contributed by atoms with van der Waals surface area (Å²) in [7, 11) is -2.60. The topological polar surface area (TPSA) is 179 Å². The molecule has 0 radical (unpaired) electrons. The van der Waals surface area contributed by atoms with E-state index in [1.807, 2.05) is 44.2 Å². The second-order valence-corrected chi connectivity index (χ2v) is 16.0. The van der Waals surface area contributed by atoms with Crippen LogP contribution >= 0.6 is 0 Å². The van der Waals surface area contributed by atoms with Gasteiger partial charge in [-0.15, -0.1) is 0 Å². The van der Waals surface area contributed by atoms with Crippen LogP contribution in [0.4, 0.5) is 15.3 Å². The van der Waals surface area contributed by atoms with Crippen molar-refractivity contribution in [3.63, 3.8) is 0 Å². The first-order valence-electron chi connectivity index (χ1n) is 17.0. The largest absolute Gasteiger partial charge is 0.450 e. The molecule has 13 nitrogen and oxygen atoms in total. The molecule has 2 aromatic rings. The smallest absolute Gasteiger partial charge is 0.407 e. The molecule has 5 unspecified atom stereocenters. The summed E-state index contributed by atoms with van der Waals surface area (Å²) in [4.78, 5) is 24.9. The van der Waals surface area contributed by atoms with Gasteiger partial charge in [-0.05, 0) is 67.3 Å². The fraction of sp³-hybridized carbons (Fsp3) is 0.600. The lowest BCUT2D eigenvalue weighted by Gasteiger charge is -2.35. The molecule has 49 heavy (non-hydrogen) atoms. The number of alkyl carbamates (subject to hydrolysis) is 2. The Hall–Kier alpha value is -3.43. The molecule has 1 aliphatic carbocycles. The minimum atomic E-state index is -4.10. The Labute approximate surface area is 288 Å². The predicted molar refractivity (Wildman–Crippen MR) is 182 cm³/mol. The minimum absolute atomic E-state index is 0.0438. The Morgan fingerprint density at radius 3 is 2.47 bits per heavy atom. The zero-order valence-electron chi connectivity index (χ0n) is 28.5. The summed E-state index contributed by atoms with van der Waals surface area (Å²) in [6, 6.07) is 14.5.